The van der Waals surface area contributed by atoms with Crippen molar-refractivity contribution in [3.05, 3.63) is 59.7 Å². The molecule has 1 amide bonds. The van der Waals surface area contributed by atoms with Crippen molar-refractivity contribution in [2.45, 2.75) is 18.8 Å². The van der Waals surface area contributed by atoms with Crippen molar-refractivity contribution in [1.29, 1.82) is 0 Å². The molecule has 28 heavy (non-hydrogen) atoms. The van der Waals surface area contributed by atoms with Crippen LogP contribution in [0.4, 0.5) is 0 Å². The fraction of sp³-hybridized carbons (Fsp3) is 0.348. The topological polar surface area (TPSA) is 48.0 Å². The second kappa shape index (κ2) is 9.31. The molecule has 1 fully saturated rings. The van der Waals surface area contributed by atoms with Crippen molar-refractivity contribution in [3.8, 4) is 17.2 Å². The quantitative estimate of drug-likeness (QED) is 0.706. The molecule has 0 saturated carbocycles. The summed E-state index contributed by atoms with van der Waals surface area (Å²) in [5.74, 6) is 2.36. The maximum atomic E-state index is 12.6. The first-order chi connectivity index (χ1) is 13.7. The van der Waals surface area contributed by atoms with Gasteiger partial charge in [0.15, 0.2) is 11.5 Å². The second-order valence-corrected chi connectivity index (χ2v) is 6.79. The van der Waals surface area contributed by atoms with Crippen LogP contribution in [0.25, 0.3) is 6.08 Å². The van der Waals surface area contributed by atoms with Crippen LogP contribution in [0.3, 0.4) is 0 Å². The van der Waals surface area contributed by atoms with Crippen molar-refractivity contribution < 1.29 is 19.0 Å². The first kappa shape index (κ1) is 19.8. The number of carbonyl (C=O) groups is 1. The molecule has 148 valence electrons. The van der Waals surface area contributed by atoms with Crippen molar-refractivity contribution in [2.75, 3.05) is 34.4 Å². The van der Waals surface area contributed by atoms with Gasteiger partial charge in [0.05, 0.1) is 21.3 Å². The Kier molecular flexibility index (Phi) is 6.58. The minimum atomic E-state index is 0.0170. The van der Waals surface area contributed by atoms with Gasteiger partial charge in [-0.3, -0.25) is 4.79 Å². The van der Waals surface area contributed by atoms with E-state index in [9.17, 15) is 4.79 Å². The number of hydrogen-bond acceptors (Lipinski definition) is 4. The molecule has 0 N–H and O–H groups in total. The molecule has 5 nitrogen and oxygen atoms in total. The number of benzene rings is 2. The first-order valence-corrected chi connectivity index (χ1v) is 9.48. The van der Waals surface area contributed by atoms with E-state index < -0.39 is 0 Å². The largest absolute Gasteiger partial charge is 0.496 e. The molecular formula is C23H27NO4. The molecule has 0 bridgehead atoms. The van der Waals surface area contributed by atoms with E-state index in [1.54, 1.807) is 39.5 Å². The third kappa shape index (κ3) is 4.47. The lowest BCUT2D eigenvalue weighted by Crippen LogP contribution is -2.36. The molecule has 1 heterocycles. The van der Waals surface area contributed by atoms with Gasteiger partial charge in [0.25, 0.3) is 0 Å². The molecule has 0 aromatic heterocycles. The number of carbonyl (C=O) groups excluding carboxylic acids is 1. The van der Waals surface area contributed by atoms with Crippen molar-refractivity contribution in [2.24, 2.45) is 0 Å². The molecular weight excluding hydrogens is 354 g/mol. The molecule has 1 aliphatic heterocycles. The Morgan fingerprint density at radius 3 is 2.14 bits per heavy atom. The number of methoxy groups -OCH3 is 3. The van der Waals surface area contributed by atoms with Crippen molar-refractivity contribution >= 4 is 12.0 Å². The summed E-state index contributed by atoms with van der Waals surface area (Å²) in [5.41, 5.74) is 2.13. The van der Waals surface area contributed by atoms with Gasteiger partial charge < -0.3 is 19.1 Å². The minimum absolute atomic E-state index is 0.0170. The third-order valence-electron chi connectivity index (χ3n) is 5.22. The smallest absolute Gasteiger partial charge is 0.246 e. The fourth-order valence-electron chi connectivity index (χ4n) is 3.61. The molecule has 2 aromatic rings. The Balaban J connectivity index is 1.66. The number of nitrogens with zero attached hydrogens (tertiary/aromatic N) is 1. The van der Waals surface area contributed by atoms with E-state index in [1.807, 2.05) is 17.0 Å². The highest BCUT2D eigenvalue weighted by atomic mass is 16.5. The number of amides is 1. The Bertz CT molecular complexity index is 824. The standard InChI is InChI=1S/C23H27NO4/c1-26-20-16-22(28-3)21(27-2)15-19(20)9-10-23(25)24-13-11-18(12-14-24)17-7-5-4-6-8-17/h4-10,15-16,18H,11-14H2,1-3H3/b10-9+. The number of likely N-dealkylation sites (tertiary alicyclic amines) is 1. The normalized spacial score (nSPS) is 14.9. The summed E-state index contributed by atoms with van der Waals surface area (Å²) < 4.78 is 16.1. The third-order valence-corrected chi connectivity index (χ3v) is 5.22. The van der Waals surface area contributed by atoms with E-state index in [-0.39, 0.29) is 5.91 Å². The molecule has 0 atom stereocenters. The number of piperidine rings is 1. The summed E-state index contributed by atoms with van der Waals surface area (Å²) in [6, 6.07) is 14.1. The zero-order valence-electron chi connectivity index (χ0n) is 16.7. The minimum Gasteiger partial charge on any atom is -0.496 e. The van der Waals surface area contributed by atoms with E-state index in [0.29, 0.717) is 23.2 Å². The van der Waals surface area contributed by atoms with E-state index >= 15 is 0 Å². The van der Waals surface area contributed by atoms with Crippen LogP contribution in [0.2, 0.25) is 0 Å². The molecule has 5 heteroatoms. The molecule has 0 aliphatic carbocycles. The van der Waals surface area contributed by atoms with Crippen LogP contribution in [0.15, 0.2) is 48.5 Å². The van der Waals surface area contributed by atoms with Gasteiger partial charge in [0, 0.05) is 30.8 Å². The van der Waals surface area contributed by atoms with Crippen LogP contribution >= 0.6 is 0 Å². The summed E-state index contributed by atoms with van der Waals surface area (Å²) in [5, 5.41) is 0. The molecule has 1 aliphatic rings. The number of rotatable bonds is 6. The van der Waals surface area contributed by atoms with Gasteiger partial charge >= 0.3 is 0 Å². The van der Waals surface area contributed by atoms with E-state index in [2.05, 4.69) is 24.3 Å². The van der Waals surface area contributed by atoms with Crippen LogP contribution in [0, 0.1) is 0 Å². The molecule has 1 saturated heterocycles. The number of ether oxygens (including phenoxy) is 3. The predicted molar refractivity (Wildman–Crippen MR) is 110 cm³/mol. The molecule has 0 unspecified atom stereocenters. The zero-order chi connectivity index (χ0) is 19.9. The summed E-state index contributed by atoms with van der Waals surface area (Å²) >= 11 is 0. The van der Waals surface area contributed by atoms with Crippen LogP contribution in [0.1, 0.15) is 29.9 Å². The second-order valence-electron chi connectivity index (χ2n) is 6.79. The fourth-order valence-corrected chi connectivity index (χ4v) is 3.61. The Labute approximate surface area is 166 Å². The highest BCUT2D eigenvalue weighted by Gasteiger charge is 2.22. The van der Waals surface area contributed by atoms with E-state index in [1.165, 1.54) is 5.56 Å². The van der Waals surface area contributed by atoms with Gasteiger partial charge in [-0.15, -0.1) is 0 Å². The van der Waals surface area contributed by atoms with Gasteiger partial charge in [0.1, 0.15) is 5.75 Å². The average molecular weight is 381 g/mol. The summed E-state index contributed by atoms with van der Waals surface area (Å²) in [4.78, 5) is 14.5. The van der Waals surface area contributed by atoms with E-state index in [0.717, 1.165) is 31.5 Å². The maximum absolute atomic E-state index is 12.6. The summed E-state index contributed by atoms with van der Waals surface area (Å²) in [6.45, 7) is 1.54. The van der Waals surface area contributed by atoms with Crippen LogP contribution < -0.4 is 14.2 Å². The number of hydrogen-bond donors (Lipinski definition) is 0. The molecule has 0 spiro atoms. The summed E-state index contributed by atoms with van der Waals surface area (Å²) in [7, 11) is 4.75. The maximum Gasteiger partial charge on any atom is 0.246 e. The van der Waals surface area contributed by atoms with Gasteiger partial charge in [-0.1, -0.05) is 30.3 Å². The highest BCUT2D eigenvalue weighted by Crippen LogP contribution is 2.35. The lowest BCUT2D eigenvalue weighted by atomic mass is 9.89. The van der Waals surface area contributed by atoms with Gasteiger partial charge in [0.2, 0.25) is 5.91 Å². The van der Waals surface area contributed by atoms with Gasteiger partial charge in [-0.2, -0.15) is 0 Å². The Hall–Kier alpha value is -2.95. The monoisotopic (exact) mass is 381 g/mol. The first-order valence-electron chi connectivity index (χ1n) is 9.48. The highest BCUT2D eigenvalue weighted by molar-refractivity contribution is 5.92. The summed E-state index contributed by atoms with van der Waals surface area (Å²) in [6.07, 6.45) is 5.35. The average Bonchev–Trinajstić information content (AvgIpc) is 2.77. The lowest BCUT2D eigenvalue weighted by Gasteiger charge is -2.31. The molecule has 3 rings (SSSR count). The van der Waals surface area contributed by atoms with Crippen LogP contribution in [0.5, 0.6) is 17.2 Å². The Morgan fingerprint density at radius 2 is 1.54 bits per heavy atom. The van der Waals surface area contributed by atoms with E-state index in [4.69, 9.17) is 14.2 Å². The van der Waals surface area contributed by atoms with Gasteiger partial charge in [-0.05, 0) is 36.5 Å². The van der Waals surface area contributed by atoms with Crippen LogP contribution in [-0.2, 0) is 4.79 Å². The molecule has 0 radical (unpaired) electrons. The van der Waals surface area contributed by atoms with Crippen molar-refractivity contribution in [1.82, 2.24) is 4.90 Å². The zero-order valence-corrected chi connectivity index (χ0v) is 16.7. The Morgan fingerprint density at radius 1 is 0.929 bits per heavy atom. The predicted octanol–water partition coefficient (Wildman–Crippen LogP) is 4.13. The lowest BCUT2D eigenvalue weighted by molar-refractivity contribution is -0.126. The van der Waals surface area contributed by atoms with Crippen molar-refractivity contribution in [3.63, 3.8) is 0 Å². The van der Waals surface area contributed by atoms with Gasteiger partial charge in [-0.25, -0.2) is 0 Å². The molecule has 2 aromatic carbocycles. The SMILES string of the molecule is COc1cc(OC)c(OC)cc1/C=C/C(=O)N1CCC(c2ccccc2)CC1. The van der Waals surface area contributed by atoms with Crippen LogP contribution in [-0.4, -0.2) is 45.2 Å².